The molecular weight excluding hydrogens is 463 g/mol. The number of anilines is 1. The van der Waals surface area contributed by atoms with Gasteiger partial charge in [-0.25, -0.2) is 4.39 Å². The molecule has 3 aromatic rings. The average Bonchev–Trinajstić information content (AvgIpc) is 3.39. The summed E-state index contributed by atoms with van der Waals surface area (Å²) in [6.07, 6.45) is 0. The highest BCUT2D eigenvalue weighted by Crippen LogP contribution is 2.30. The Balaban J connectivity index is 1.37. The standard InChI is InChI=1S/C27H31FN4O2S/c1-19-9-11-21(12-10-19)18-29-26(33)27(34)30-20(2)25(24-8-5-17-35-24)32-15-13-31(14-16-32)23-7-4-3-6-22(23)28/h3-12,17,20,25H,13-16,18H2,1-2H3,(H,29,33)(H,30,34)/t20-,25-/m1/s1. The van der Waals surface area contributed by atoms with Gasteiger partial charge in [-0.05, 0) is 43.0 Å². The monoisotopic (exact) mass is 494 g/mol. The Morgan fingerprint density at radius 3 is 2.34 bits per heavy atom. The van der Waals surface area contributed by atoms with E-state index >= 15 is 0 Å². The van der Waals surface area contributed by atoms with Crippen molar-refractivity contribution in [3.63, 3.8) is 0 Å². The van der Waals surface area contributed by atoms with E-state index in [2.05, 4.69) is 26.5 Å². The fourth-order valence-electron chi connectivity index (χ4n) is 4.47. The van der Waals surface area contributed by atoms with Gasteiger partial charge in [0.05, 0.1) is 11.7 Å². The first kappa shape index (κ1) is 24.9. The molecule has 0 bridgehead atoms. The zero-order valence-electron chi connectivity index (χ0n) is 20.0. The molecule has 0 aliphatic carbocycles. The Bertz CT molecular complexity index is 1130. The predicted molar refractivity (Wildman–Crippen MR) is 138 cm³/mol. The Labute approximate surface area is 209 Å². The summed E-state index contributed by atoms with van der Waals surface area (Å²) < 4.78 is 14.3. The first-order valence-electron chi connectivity index (χ1n) is 11.8. The summed E-state index contributed by atoms with van der Waals surface area (Å²) in [5.41, 5.74) is 2.70. The molecule has 4 rings (SSSR count). The third-order valence-corrected chi connectivity index (χ3v) is 7.29. The van der Waals surface area contributed by atoms with Crippen LogP contribution in [0.1, 0.15) is 29.0 Å². The van der Waals surface area contributed by atoms with Gasteiger partial charge in [-0.2, -0.15) is 0 Å². The molecule has 2 N–H and O–H groups in total. The van der Waals surface area contributed by atoms with Crippen molar-refractivity contribution in [1.29, 1.82) is 0 Å². The number of thiophene rings is 1. The first-order chi connectivity index (χ1) is 16.9. The maximum absolute atomic E-state index is 14.3. The minimum atomic E-state index is -0.647. The molecule has 1 saturated heterocycles. The van der Waals surface area contributed by atoms with Crippen molar-refractivity contribution in [3.05, 3.63) is 87.9 Å². The molecule has 0 saturated carbocycles. The largest absolute Gasteiger partial charge is 0.367 e. The summed E-state index contributed by atoms with van der Waals surface area (Å²) in [6.45, 7) is 7.03. The fraction of sp³-hybridized carbons (Fsp3) is 0.333. The minimum absolute atomic E-state index is 0.0772. The molecule has 2 atom stereocenters. The van der Waals surface area contributed by atoms with Crippen LogP contribution in [-0.4, -0.2) is 48.9 Å². The highest BCUT2D eigenvalue weighted by molar-refractivity contribution is 7.10. The van der Waals surface area contributed by atoms with E-state index in [1.807, 2.05) is 55.6 Å². The summed E-state index contributed by atoms with van der Waals surface area (Å²) in [5, 5.41) is 7.62. The third kappa shape index (κ3) is 6.26. The van der Waals surface area contributed by atoms with Crippen molar-refractivity contribution in [1.82, 2.24) is 15.5 Å². The Hall–Kier alpha value is -3.23. The summed E-state index contributed by atoms with van der Waals surface area (Å²) in [7, 11) is 0. The van der Waals surface area contributed by atoms with Gasteiger partial charge in [-0.1, -0.05) is 48.0 Å². The molecule has 1 aromatic heterocycles. The van der Waals surface area contributed by atoms with Crippen molar-refractivity contribution in [2.75, 3.05) is 31.1 Å². The van der Waals surface area contributed by atoms with E-state index < -0.39 is 11.8 Å². The number of benzene rings is 2. The van der Waals surface area contributed by atoms with Gasteiger partial charge >= 0.3 is 11.8 Å². The lowest BCUT2D eigenvalue weighted by molar-refractivity contribution is -0.140. The van der Waals surface area contributed by atoms with Crippen molar-refractivity contribution in [2.24, 2.45) is 0 Å². The van der Waals surface area contributed by atoms with Crippen LogP contribution in [0.25, 0.3) is 0 Å². The van der Waals surface area contributed by atoms with Gasteiger partial charge in [0.1, 0.15) is 5.82 Å². The second kappa shape index (κ2) is 11.5. The maximum atomic E-state index is 14.3. The number of piperazine rings is 1. The minimum Gasteiger partial charge on any atom is -0.367 e. The van der Waals surface area contributed by atoms with Crippen LogP contribution in [0.15, 0.2) is 66.0 Å². The molecule has 2 heterocycles. The second-order valence-corrected chi connectivity index (χ2v) is 9.84. The van der Waals surface area contributed by atoms with Gasteiger partial charge < -0.3 is 15.5 Å². The Kier molecular flexibility index (Phi) is 8.15. The number of rotatable bonds is 7. The van der Waals surface area contributed by atoms with E-state index in [9.17, 15) is 14.0 Å². The van der Waals surface area contributed by atoms with E-state index in [-0.39, 0.29) is 17.9 Å². The molecule has 2 amide bonds. The molecule has 1 fully saturated rings. The molecule has 1 aliphatic heterocycles. The van der Waals surface area contributed by atoms with Crippen molar-refractivity contribution in [2.45, 2.75) is 32.5 Å². The van der Waals surface area contributed by atoms with Crippen molar-refractivity contribution < 1.29 is 14.0 Å². The van der Waals surface area contributed by atoms with Crippen LogP contribution in [0.3, 0.4) is 0 Å². The van der Waals surface area contributed by atoms with Crippen LogP contribution in [0.2, 0.25) is 0 Å². The average molecular weight is 495 g/mol. The number of hydrogen-bond acceptors (Lipinski definition) is 5. The van der Waals surface area contributed by atoms with Crippen LogP contribution in [-0.2, 0) is 16.1 Å². The summed E-state index contributed by atoms with van der Waals surface area (Å²) in [6, 6.07) is 18.3. The summed E-state index contributed by atoms with van der Waals surface area (Å²) >= 11 is 1.63. The summed E-state index contributed by atoms with van der Waals surface area (Å²) in [4.78, 5) is 30.6. The van der Waals surface area contributed by atoms with Gasteiger partial charge in [-0.3, -0.25) is 14.5 Å². The van der Waals surface area contributed by atoms with E-state index in [4.69, 9.17) is 0 Å². The number of nitrogens with one attached hydrogen (secondary N) is 2. The van der Waals surface area contributed by atoms with Gasteiger partial charge in [0.25, 0.3) is 0 Å². The molecule has 2 aromatic carbocycles. The van der Waals surface area contributed by atoms with Crippen LogP contribution in [0, 0.1) is 12.7 Å². The third-order valence-electron chi connectivity index (χ3n) is 6.35. The maximum Gasteiger partial charge on any atom is 0.309 e. The second-order valence-electron chi connectivity index (χ2n) is 8.87. The van der Waals surface area contributed by atoms with Gasteiger partial charge in [0, 0.05) is 43.6 Å². The topological polar surface area (TPSA) is 64.7 Å². The highest BCUT2D eigenvalue weighted by Gasteiger charge is 2.32. The number of carbonyl (C=O) groups is 2. The van der Waals surface area contributed by atoms with Gasteiger partial charge in [0.2, 0.25) is 0 Å². The van der Waals surface area contributed by atoms with Crippen LogP contribution < -0.4 is 15.5 Å². The highest BCUT2D eigenvalue weighted by atomic mass is 32.1. The quantitative estimate of drug-likeness (QED) is 0.490. The van der Waals surface area contributed by atoms with Crippen LogP contribution in [0.4, 0.5) is 10.1 Å². The molecule has 0 spiro atoms. The molecule has 8 heteroatoms. The van der Waals surface area contributed by atoms with Crippen LogP contribution >= 0.6 is 11.3 Å². The van der Waals surface area contributed by atoms with Gasteiger partial charge in [0.15, 0.2) is 0 Å². The Morgan fingerprint density at radius 2 is 1.69 bits per heavy atom. The smallest absolute Gasteiger partial charge is 0.309 e. The number of hydrogen-bond donors (Lipinski definition) is 2. The molecule has 0 radical (unpaired) electrons. The number of aryl methyl sites for hydroxylation is 1. The molecule has 1 aliphatic rings. The molecule has 184 valence electrons. The zero-order valence-corrected chi connectivity index (χ0v) is 20.9. The number of carbonyl (C=O) groups excluding carboxylic acids is 2. The van der Waals surface area contributed by atoms with E-state index in [1.165, 1.54) is 6.07 Å². The molecule has 35 heavy (non-hydrogen) atoms. The number of para-hydroxylation sites is 1. The lowest BCUT2D eigenvalue weighted by Crippen LogP contribution is -2.53. The SMILES string of the molecule is Cc1ccc(CNC(=O)C(=O)N[C@H](C)[C@H](c2cccs2)N2CCN(c3ccccc3F)CC2)cc1. The lowest BCUT2D eigenvalue weighted by atomic mass is 10.0. The van der Waals surface area contributed by atoms with Crippen molar-refractivity contribution >= 4 is 28.8 Å². The van der Waals surface area contributed by atoms with E-state index in [0.717, 1.165) is 29.1 Å². The van der Waals surface area contributed by atoms with Crippen LogP contribution in [0.5, 0.6) is 0 Å². The number of halogens is 1. The lowest BCUT2D eigenvalue weighted by Gasteiger charge is -2.42. The molecular formula is C27H31FN4O2S. The fourth-order valence-corrected chi connectivity index (χ4v) is 5.44. The predicted octanol–water partition coefficient (Wildman–Crippen LogP) is 3.88. The van der Waals surface area contributed by atoms with E-state index in [1.54, 1.807) is 23.5 Å². The van der Waals surface area contributed by atoms with E-state index in [0.29, 0.717) is 25.3 Å². The Morgan fingerprint density at radius 1 is 0.971 bits per heavy atom. The normalized spacial score (nSPS) is 15.9. The molecule has 6 nitrogen and oxygen atoms in total. The zero-order chi connectivity index (χ0) is 24.8. The first-order valence-corrected chi connectivity index (χ1v) is 12.7. The number of amides is 2. The van der Waals surface area contributed by atoms with Crippen molar-refractivity contribution in [3.8, 4) is 0 Å². The number of nitrogens with zero attached hydrogens (tertiary/aromatic N) is 2. The molecule has 0 unspecified atom stereocenters. The van der Waals surface area contributed by atoms with Gasteiger partial charge in [-0.15, -0.1) is 11.3 Å². The summed E-state index contributed by atoms with van der Waals surface area (Å²) in [5.74, 6) is -1.50.